The van der Waals surface area contributed by atoms with Gasteiger partial charge in [0, 0.05) is 25.0 Å². The number of alkyl halides is 6. The van der Waals surface area contributed by atoms with Gasteiger partial charge in [-0.3, -0.25) is 14.4 Å². The summed E-state index contributed by atoms with van der Waals surface area (Å²) in [4.78, 5) is 33.2. The molecule has 2 aromatic carbocycles. The molecule has 2 aliphatic rings. The Kier molecular flexibility index (Phi) is 9.64. The van der Waals surface area contributed by atoms with Gasteiger partial charge in [0.2, 0.25) is 0 Å². The Morgan fingerprint density at radius 2 is 1.81 bits per heavy atom. The molecule has 1 atom stereocenters. The van der Waals surface area contributed by atoms with Gasteiger partial charge in [0.25, 0.3) is 5.91 Å². The van der Waals surface area contributed by atoms with Crippen molar-refractivity contribution in [2.45, 2.75) is 51.3 Å². The number of aliphatic hydroxyl groups excluding tert-OH is 1. The van der Waals surface area contributed by atoms with Gasteiger partial charge in [-0.1, -0.05) is 12.1 Å². The molecule has 1 N–H and O–H groups in total. The van der Waals surface area contributed by atoms with Gasteiger partial charge in [0.05, 0.1) is 40.7 Å². The summed E-state index contributed by atoms with van der Waals surface area (Å²) in [6.07, 6.45) is -8.86. The average molecular weight is 796 g/mol. The van der Waals surface area contributed by atoms with Crippen LogP contribution in [0.15, 0.2) is 46.3 Å². The number of amidine groups is 1. The molecule has 0 bridgehead atoms. The van der Waals surface area contributed by atoms with E-state index >= 15 is 0 Å². The van der Waals surface area contributed by atoms with Crippen LogP contribution in [-0.2, 0) is 28.4 Å². The topological polar surface area (TPSA) is 100 Å². The number of nitrogens with zero attached hydrogens (tertiary/aromatic N) is 5. The lowest BCUT2D eigenvalue weighted by Gasteiger charge is -2.41. The maximum atomic E-state index is 13.7. The summed E-state index contributed by atoms with van der Waals surface area (Å²) in [6, 6.07) is 5.93. The van der Waals surface area contributed by atoms with Crippen LogP contribution in [0.1, 0.15) is 43.0 Å². The van der Waals surface area contributed by atoms with Crippen LogP contribution in [-0.4, -0.2) is 79.7 Å². The minimum atomic E-state index is -5.01. The van der Waals surface area contributed by atoms with Gasteiger partial charge >= 0.3 is 18.4 Å². The maximum absolute atomic E-state index is 13.7. The zero-order valence-corrected chi connectivity index (χ0v) is 28.1. The van der Waals surface area contributed by atoms with E-state index in [2.05, 4.69) is 10.1 Å². The number of rotatable bonds is 4. The van der Waals surface area contributed by atoms with Crippen LogP contribution in [0.2, 0.25) is 0 Å². The van der Waals surface area contributed by atoms with Gasteiger partial charge in [-0.25, -0.2) is 4.79 Å². The molecule has 1 unspecified atom stereocenters. The number of fused-ring (bicyclic) bond motifs is 1. The highest BCUT2D eigenvalue weighted by Gasteiger charge is 2.39. The second kappa shape index (κ2) is 12.9. The summed E-state index contributed by atoms with van der Waals surface area (Å²) in [5, 5.41) is 15.3. The number of hydrogen-bond donors (Lipinski definition) is 1. The van der Waals surface area contributed by atoms with E-state index < -0.39 is 53.7 Å². The predicted octanol–water partition coefficient (Wildman–Crippen LogP) is 6.61. The number of amides is 2. The zero-order valence-electron chi connectivity index (χ0n) is 25.1. The smallest absolute Gasteiger partial charge is 0.416 e. The number of carbonyl (C=O) groups excluding carboxylic acids is 2. The Hall–Kier alpha value is -3.32. The largest absolute Gasteiger partial charge is 0.444 e. The molecule has 5 rings (SSSR count). The lowest BCUT2D eigenvalue weighted by atomic mass is 10.0. The molecule has 0 saturated carbocycles. The van der Waals surface area contributed by atoms with Gasteiger partial charge < -0.3 is 14.7 Å². The fourth-order valence-electron chi connectivity index (χ4n) is 5.11. The quantitative estimate of drug-likeness (QED) is 0.180. The van der Waals surface area contributed by atoms with Crippen molar-refractivity contribution in [3.05, 3.63) is 67.3 Å². The van der Waals surface area contributed by atoms with Crippen molar-refractivity contribution in [1.82, 2.24) is 19.6 Å². The summed E-state index contributed by atoms with van der Waals surface area (Å²) in [7, 11) is 0. The Morgan fingerprint density at radius 1 is 1.09 bits per heavy atom. The van der Waals surface area contributed by atoms with Crippen LogP contribution < -0.4 is 0 Å². The van der Waals surface area contributed by atoms with Crippen molar-refractivity contribution in [2.24, 2.45) is 4.99 Å². The monoisotopic (exact) mass is 795 g/mol. The van der Waals surface area contributed by atoms with E-state index in [4.69, 9.17) is 4.74 Å². The number of carbonyl (C=O) groups is 2. The highest BCUT2D eigenvalue weighted by Crippen LogP contribution is 2.38. The van der Waals surface area contributed by atoms with Crippen LogP contribution >= 0.6 is 34.4 Å². The number of aliphatic hydroxyl groups is 1. The first-order chi connectivity index (χ1) is 21.8. The van der Waals surface area contributed by atoms with Crippen LogP contribution in [0.5, 0.6) is 0 Å². The van der Waals surface area contributed by atoms with E-state index in [1.165, 1.54) is 9.58 Å². The average Bonchev–Trinajstić information content (AvgIpc) is 3.49. The van der Waals surface area contributed by atoms with E-state index in [-0.39, 0.29) is 31.3 Å². The molecule has 47 heavy (non-hydrogen) atoms. The number of hydrogen-bond acceptors (Lipinski definition) is 7. The first-order valence-electron chi connectivity index (χ1n) is 14.2. The third kappa shape index (κ3) is 7.88. The van der Waals surface area contributed by atoms with Gasteiger partial charge in [-0.2, -0.15) is 36.4 Å². The van der Waals surface area contributed by atoms with E-state index in [0.29, 0.717) is 42.9 Å². The highest BCUT2D eigenvalue weighted by atomic mass is 127. The summed E-state index contributed by atoms with van der Waals surface area (Å²) in [6.45, 7) is 5.37. The zero-order chi connectivity index (χ0) is 34.5. The molecule has 3 aromatic rings. The molecule has 0 aliphatic carbocycles. The number of benzene rings is 2. The SMILES string of the molecule is CC(C)(C)OC(=O)N1CCN(C2=NC(=O)C(=Cc3ccc4c(c3)c(I)nn4Cc3ccc(C(F)(F)F)cc3C(F)(F)F)S2)CC1CO. The summed E-state index contributed by atoms with van der Waals surface area (Å²) in [5.74, 6) is -0.479. The molecule has 2 aliphatic heterocycles. The van der Waals surface area contributed by atoms with Crippen molar-refractivity contribution in [3.8, 4) is 0 Å². The number of halogens is 7. The Labute approximate surface area is 282 Å². The Morgan fingerprint density at radius 3 is 2.45 bits per heavy atom. The number of aromatic nitrogens is 2. The lowest BCUT2D eigenvalue weighted by molar-refractivity contribution is -0.143. The van der Waals surface area contributed by atoms with Crippen molar-refractivity contribution < 1.29 is 45.8 Å². The van der Waals surface area contributed by atoms with E-state index in [9.17, 15) is 41.0 Å². The van der Waals surface area contributed by atoms with Gasteiger partial charge in [0.1, 0.15) is 9.30 Å². The van der Waals surface area contributed by atoms with Crippen molar-refractivity contribution in [1.29, 1.82) is 0 Å². The minimum absolute atomic E-state index is 0.105. The van der Waals surface area contributed by atoms with Gasteiger partial charge in [0.15, 0.2) is 5.17 Å². The highest BCUT2D eigenvalue weighted by molar-refractivity contribution is 14.1. The molecule has 3 heterocycles. The van der Waals surface area contributed by atoms with Crippen LogP contribution in [0.3, 0.4) is 0 Å². The number of aliphatic imine (C=N–C) groups is 1. The van der Waals surface area contributed by atoms with E-state index in [1.54, 1.807) is 45.0 Å². The summed E-state index contributed by atoms with van der Waals surface area (Å²) >= 11 is 3.05. The molecule has 0 radical (unpaired) electrons. The predicted molar refractivity (Wildman–Crippen MR) is 171 cm³/mol. The van der Waals surface area contributed by atoms with Crippen molar-refractivity contribution >= 4 is 68.5 Å². The molecule has 0 spiro atoms. The van der Waals surface area contributed by atoms with E-state index in [1.807, 2.05) is 27.5 Å². The minimum Gasteiger partial charge on any atom is -0.444 e. The standard InChI is InChI=1S/C30H28F6IN5O4S/c1-28(2,3)46-27(45)41-9-8-40(14-19(41)15-43)26-38-25(44)23(47-26)11-16-4-7-22-20(10-16)24(37)39-42(22)13-17-5-6-18(29(31,32)33)12-21(17)30(34,35)36/h4-7,10-12,19,43H,8-9,13-15H2,1-3H3. The molecule has 1 fully saturated rings. The van der Waals surface area contributed by atoms with Crippen molar-refractivity contribution in [2.75, 3.05) is 26.2 Å². The van der Waals surface area contributed by atoms with Gasteiger partial charge in [-0.05, 0) is 96.6 Å². The molecule has 9 nitrogen and oxygen atoms in total. The maximum Gasteiger partial charge on any atom is 0.416 e. The molecule has 252 valence electrons. The molecular weight excluding hydrogens is 767 g/mol. The Balaban J connectivity index is 1.33. The molecule has 1 aromatic heterocycles. The fraction of sp³-hybridized carbons (Fsp3) is 0.400. The van der Waals surface area contributed by atoms with E-state index in [0.717, 1.165) is 17.8 Å². The normalized spacial score (nSPS) is 18.8. The second-order valence-corrected chi connectivity index (χ2v) is 13.9. The first kappa shape index (κ1) is 35.0. The van der Waals surface area contributed by atoms with Gasteiger partial charge in [-0.15, -0.1) is 0 Å². The fourth-order valence-corrected chi connectivity index (χ4v) is 6.76. The molecule has 1 saturated heterocycles. The number of piperazine rings is 1. The van der Waals surface area contributed by atoms with Crippen molar-refractivity contribution in [3.63, 3.8) is 0 Å². The lowest BCUT2D eigenvalue weighted by Crippen LogP contribution is -2.58. The number of thioether (sulfide) groups is 1. The Bertz CT molecular complexity index is 1780. The van der Waals surface area contributed by atoms with Crippen LogP contribution in [0, 0.1) is 3.70 Å². The second-order valence-electron chi connectivity index (χ2n) is 11.9. The molecule has 17 heteroatoms. The molecular formula is C30H28F6IN5O4S. The summed E-state index contributed by atoms with van der Waals surface area (Å²) in [5.41, 5.74) is -2.81. The number of ether oxygens (including phenoxy) is 1. The van der Waals surface area contributed by atoms with Crippen LogP contribution in [0.25, 0.3) is 17.0 Å². The summed E-state index contributed by atoms with van der Waals surface area (Å²) < 4.78 is 87.7. The third-order valence-electron chi connectivity index (χ3n) is 7.29. The van der Waals surface area contributed by atoms with Crippen LogP contribution in [0.4, 0.5) is 31.1 Å². The first-order valence-corrected chi connectivity index (χ1v) is 16.0. The third-order valence-corrected chi connectivity index (χ3v) is 9.13. The molecule has 2 amide bonds.